The van der Waals surface area contributed by atoms with E-state index in [2.05, 4.69) is 10.6 Å². The van der Waals surface area contributed by atoms with E-state index in [0.717, 1.165) is 18.2 Å². The molecule has 1 amide bonds. The molecule has 2 aromatic carbocycles. The molecule has 2 aromatic rings. The van der Waals surface area contributed by atoms with Crippen LogP contribution in [0.5, 0.6) is 0 Å². The van der Waals surface area contributed by atoms with Crippen molar-refractivity contribution in [3.8, 4) is 0 Å². The van der Waals surface area contributed by atoms with Gasteiger partial charge in [0.25, 0.3) is 5.97 Å². The second kappa shape index (κ2) is 10.5. The Morgan fingerprint density at radius 1 is 1.19 bits per heavy atom. The molecular weight excluding hydrogens is 341 g/mol. The van der Waals surface area contributed by atoms with E-state index < -0.39 is 12.1 Å². The van der Waals surface area contributed by atoms with Gasteiger partial charge in [-0.05, 0) is 42.8 Å². The molecule has 140 valence electrons. The Hall–Kier alpha value is -3.29. The first kappa shape index (κ1) is 20.8. The summed E-state index contributed by atoms with van der Waals surface area (Å²) in [5.41, 5.74) is 8.57. The lowest BCUT2D eigenvalue weighted by Gasteiger charge is -2.11. The second-order valence-corrected chi connectivity index (χ2v) is 5.15. The van der Waals surface area contributed by atoms with Gasteiger partial charge in [0.2, 0.25) is 0 Å². The molecule has 0 fully saturated rings. The number of nitrogens with one attached hydrogen (secondary N) is 2. The highest BCUT2D eigenvalue weighted by Gasteiger charge is 2.06. The molecule has 0 saturated carbocycles. The van der Waals surface area contributed by atoms with E-state index in [1.807, 2.05) is 0 Å². The van der Waals surface area contributed by atoms with Crippen LogP contribution < -0.4 is 16.4 Å². The Labute approximate surface area is 151 Å². The number of nitrogen functional groups attached to an aromatic ring is 1. The van der Waals surface area contributed by atoms with Crippen molar-refractivity contribution < 1.29 is 23.8 Å². The number of hydrogen-bond acceptors (Lipinski definition) is 5. The molecule has 7 nitrogen and oxygen atoms in total. The first-order chi connectivity index (χ1) is 12.3. The third-order valence-corrected chi connectivity index (χ3v) is 2.97. The van der Waals surface area contributed by atoms with Gasteiger partial charge in [-0.1, -0.05) is 12.1 Å². The number of carboxylic acid groups (broad SMARTS) is 1. The maximum absolute atomic E-state index is 12.8. The summed E-state index contributed by atoms with van der Waals surface area (Å²) in [4.78, 5) is 20.4. The quantitative estimate of drug-likeness (QED) is 0.603. The largest absolute Gasteiger partial charge is 0.481 e. The van der Waals surface area contributed by atoms with E-state index >= 15 is 0 Å². The summed E-state index contributed by atoms with van der Waals surface area (Å²) in [5, 5.41) is 13.2. The third-order valence-electron chi connectivity index (χ3n) is 2.97. The Balaban J connectivity index is 0.000000765. The highest BCUT2D eigenvalue weighted by molar-refractivity contribution is 5.89. The number of carboxylic acids is 1. The predicted octanol–water partition coefficient (Wildman–Crippen LogP) is 3.68. The van der Waals surface area contributed by atoms with E-state index in [1.165, 1.54) is 12.1 Å². The van der Waals surface area contributed by atoms with Crippen LogP contribution in [0.3, 0.4) is 0 Å². The zero-order valence-electron chi connectivity index (χ0n) is 14.6. The lowest BCUT2D eigenvalue weighted by molar-refractivity contribution is -0.134. The van der Waals surface area contributed by atoms with Crippen LogP contribution >= 0.6 is 0 Å². The molecule has 0 spiro atoms. The molecule has 0 radical (unpaired) electrons. The number of anilines is 3. The average molecular weight is 363 g/mol. The minimum absolute atomic E-state index is 0.262. The lowest BCUT2D eigenvalue weighted by Crippen LogP contribution is -2.14. The molecule has 8 heteroatoms. The van der Waals surface area contributed by atoms with Crippen LogP contribution in [0.4, 0.5) is 26.2 Å². The van der Waals surface area contributed by atoms with Gasteiger partial charge in [-0.25, -0.2) is 9.18 Å². The van der Waals surface area contributed by atoms with Crippen molar-refractivity contribution >= 4 is 29.1 Å². The van der Waals surface area contributed by atoms with Gasteiger partial charge >= 0.3 is 6.09 Å². The highest BCUT2D eigenvalue weighted by atomic mass is 19.1. The second-order valence-electron chi connectivity index (χ2n) is 5.15. The molecule has 0 unspecified atom stereocenters. The van der Waals surface area contributed by atoms with Crippen LogP contribution in [0.25, 0.3) is 0 Å². The van der Waals surface area contributed by atoms with Crippen molar-refractivity contribution in [3.63, 3.8) is 0 Å². The lowest BCUT2D eigenvalue weighted by atomic mass is 10.2. The third kappa shape index (κ3) is 8.00. The number of ether oxygens (including phenoxy) is 1. The zero-order chi connectivity index (χ0) is 19.5. The fourth-order valence-corrected chi connectivity index (χ4v) is 1.87. The van der Waals surface area contributed by atoms with E-state index in [1.54, 1.807) is 37.3 Å². The van der Waals surface area contributed by atoms with Gasteiger partial charge in [-0.2, -0.15) is 0 Å². The first-order valence-corrected chi connectivity index (χ1v) is 7.83. The van der Waals surface area contributed by atoms with Crippen molar-refractivity contribution in [1.29, 1.82) is 0 Å². The average Bonchev–Trinajstić information content (AvgIpc) is 2.56. The van der Waals surface area contributed by atoms with Crippen molar-refractivity contribution in [1.82, 2.24) is 0 Å². The topological polar surface area (TPSA) is 114 Å². The Morgan fingerprint density at radius 2 is 1.81 bits per heavy atom. The van der Waals surface area contributed by atoms with E-state index in [-0.39, 0.29) is 5.82 Å². The van der Waals surface area contributed by atoms with Crippen molar-refractivity contribution in [3.05, 3.63) is 53.8 Å². The van der Waals surface area contributed by atoms with Gasteiger partial charge in [0.15, 0.2) is 0 Å². The first-order valence-electron chi connectivity index (χ1n) is 7.83. The number of hydrogen-bond donors (Lipinski definition) is 4. The molecule has 0 aromatic heterocycles. The summed E-state index contributed by atoms with van der Waals surface area (Å²) in [6.45, 7) is 3.65. The molecule has 0 aliphatic heterocycles. The molecule has 0 aliphatic rings. The predicted molar refractivity (Wildman–Crippen MR) is 98.5 cm³/mol. The SMILES string of the molecule is CC(=O)O.CCOC(=O)Nc1ccc(NCc2ccc(F)cc2)cc1N. The summed E-state index contributed by atoms with van der Waals surface area (Å²) in [7, 11) is 0. The molecule has 5 N–H and O–H groups in total. The zero-order valence-corrected chi connectivity index (χ0v) is 14.6. The Morgan fingerprint density at radius 3 is 2.35 bits per heavy atom. The van der Waals surface area contributed by atoms with Gasteiger partial charge in [-0.3, -0.25) is 10.1 Å². The monoisotopic (exact) mass is 363 g/mol. The van der Waals surface area contributed by atoms with E-state index in [4.69, 9.17) is 20.4 Å². The van der Waals surface area contributed by atoms with Gasteiger partial charge in [0, 0.05) is 19.2 Å². The van der Waals surface area contributed by atoms with E-state index in [0.29, 0.717) is 24.5 Å². The number of halogens is 1. The number of carbonyl (C=O) groups is 2. The van der Waals surface area contributed by atoms with Crippen LogP contribution in [-0.4, -0.2) is 23.8 Å². The molecule has 0 aliphatic carbocycles. The fraction of sp³-hybridized carbons (Fsp3) is 0.222. The van der Waals surface area contributed by atoms with Gasteiger partial charge in [-0.15, -0.1) is 0 Å². The van der Waals surface area contributed by atoms with Crippen LogP contribution in [0, 0.1) is 5.82 Å². The van der Waals surface area contributed by atoms with Crippen molar-refractivity contribution in [2.24, 2.45) is 0 Å². The molecule has 0 saturated heterocycles. The summed E-state index contributed by atoms with van der Waals surface area (Å²) in [6.07, 6.45) is -0.541. The Kier molecular flexibility index (Phi) is 8.42. The number of aliphatic carboxylic acids is 1. The summed E-state index contributed by atoms with van der Waals surface area (Å²) in [6, 6.07) is 11.5. The maximum atomic E-state index is 12.8. The molecule has 0 bridgehead atoms. The summed E-state index contributed by atoms with van der Waals surface area (Å²) < 4.78 is 17.6. The van der Waals surface area contributed by atoms with Gasteiger partial charge < -0.3 is 20.9 Å². The number of rotatable bonds is 5. The number of nitrogens with two attached hydrogens (primary N) is 1. The van der Waals surface area contributed by atoms with Crippen LogP contribution in [0.2, 0.25) is 0 Å². The van der Waals surface area contributed by atoms with Crippen LogP contribution in [0.1, 0.15) is 19.4 Å². The molecule has 2 rings (SSSR count). The number of carbonyl (C=O) groups excluding carboxylic acids is 1. The van der Waals surface area contributed by atoms with Crippen LogP contribution in [0.15, 0.2) is 42.5 Å². The maximum Gasteiger partial charge on any atom is 0.411 e. The fourth-order valence-electron chi connectivity index (χ4n) is 1.87. The van der Waals surface area contributed by atoms with Crippen molar-refractivity contribution in [2.45, 2.75) is 20.4 Å². The number of benzene rings is 2. The van der Waals surface area contributed by atoms with Gasteiger partial charge in [0.05, 0.1) is 18.0 Å². The minimum atomic E-state index is -0.833. The van der Waals surface area contributed by atoms with Crippen molar-refractivity contribution in [2.75, 3.05) is 23.0 Å². The molecule has 26 heavy (non-hydrogen) atoms. The van der Waals surface area contributed by atoms with Crippen LogP contribution in [-0.2, 0) is 16.1 Å². The molecule has 0 heterocycles. The summed E-state index contributed by atoms with van der Waals surface area (Å²) in [5.74, 6) is -1.10. The van der Waals surface area contributed by atoms with Gasteiger partial charge in [0.1, 0.15) is 5.82 Å². The highest BCUT2D eigenvalue weighted by Crippen LogP contribution is 2.23. The summed E-state index contributed by atoms with van der Waals surface area (Å²) >= 11 is 0. The van der Waals surface area contributed by atoms with E-state index in [9.17, 15) is 9.18 Å². The smallest absolute Gasteiger partial charge is 0.411 e. The minimum Gasteiger partial charge on any atom is -0.481 e. The number of amides is 1. The normalized spacial score (nSPS) is 9.50. The Bertz CT molecular complexity index is 732. The molecule has 0 atom stereocenters. The molecular formula is C18H22FN3O4. The standard InChI is InChI=1S/C16H18FN3O2.C2H4O2/c1-2-22-16(21)20-15-8-7-13(9-14(15)18)19-10-11-3-5-12(17)6-4-11;1-2(3)4/h3-9,19H,2,10,18H2,1H3,(H,20,21);1H3,(H,3,4).